The highest BCUT2D eigenvalue weighted by Gasteiger charge is 2.16. The molecule has 1 amide bonds. The van der Waals surface area contributed by atoms with Gasteiger partial charge < -0.3 is 14.8 Å². The molecule has 146 valence electrons. The molecular weight excluding hydrogens is 422 g/mol. The van der Waals surface area contributed by atoms with Gasteiger partial charge in [0.15, 0.2) is 0 Å². The number of aromatic nitrogens is 2. The molecule has 0 spiro atoms. The van der Waals surface area contributed by atoms with Crippen LogP contribution in [0.2, 0.25) is 0 Å². The van der Waals surface area contributed by atoms with Gasteiger partial charge >= 0.3 is 0 Å². The molecule has 28 heavy (non-hydrogen) atoms. The lowest BCUT2D eigenvalue weighted by atomic mass is 10.1. The Bertz CT molecular complexity index is 942. The molecule has 0 radical (unpaired) electrons. The third kappa shape index (κ3) is 4.36. The van der Waals surface area contributed by atoms with Crippen molar-refractivity contribution in [2.24, 2.45) is 0 Å². The van der Waals surface area contributed by atoms with Crippen LogP contribution in [0.15, 0.2) is 53.1 Å². The maximum atomic E-state index is 12.8. The van der Waals surface area contributed by atoms with E-state index in [1.165, 1.54) is 5.56 Å². The fraction of sp³-hybridized carbons (Fsp3) is 0.238. The Morgan fingerprint density at radius 3 is 2.25 bits per heavy atom. The fourth-order valence-corrected chi connectivity index (χ4v) is 3.36. The van der Waals surface area contributed by atoms with E-state index in [-0.39, 0.29) is 5.91 Å². The van der Waals surface area contributed by atoms with Crippen molar-refractivity contribution in [2.45, 2.75) is 19.9 Å². The van der Waals surface area contributed by atoms with Crippen molar-refractivity contribution in [3.63, 3.8) is 0 Å². The standard InChI is InChI=1S/C21H22BrN3O3/c1-4-14-5-7-15(8-6-14)13-25-19(9-10-23-25)24-21(26)16-11-17(27-2)20(22)18(12-16)28-3/h5-12H,4,13H2,1-3H3,(H,24,26). The molecule has 0 bridgehead atoms. The van der Waals surface area contributed by atoms with Crippen LogP contribution in [0, 0.1) is 0 Å². The van der Waals surface area contributed by atoms with Crippen LogP contribution in [0.3, 0.4) is 0 Å². The van der Waals surface area contributed by atoms with Crippen LogP contribution in [-0.2, 0) is 13.0 Å². The van der Waals surface area contributed by atoms with E-state index in [4.69, 9.17) is 9.47 Å². The van der Waals surface area contributed by atoms with Crippen LogP contribution in [0.4, 0.5) is 5.82 Å². The zero-order valence-electron chi connectivity index (χ0n) is 16.0. The van der Waals surface area contributed by atoms with Gasteiger partial charge in [-0.1, -0.05) is 31.2 Å². The molecule has 0 atom stereocenters. The molecule has 1 heterocycles. The highest BCUT2D eigenvalue weighted by Crippen LogP contribution is 2.35. The fourth-order valence-electron chi connectivity index (χ4n) is 2.81. The number of anilines is 1. The summed E-state index contributed by atoms with van der Waals surface area (Å²) < 4.78 is 13.0. The quantitative estimate of drug-likeness (QED) is 0.582. The maximum absolute atomic E-state index is 12.8. The molecule has 2 aromatic carbocycles. The van der Waals surface area contributed by atoms with Crippen molar-refractivity contribution in [1.29, 1.82) is 0 Å². The summed E-state index contributed by atoms with van der Waals surface area (Å²) in [5.74, 6) is 1.39. The molecule has 0 saturated carbocycles. The SMILES string of the molecule is CCc1ccc(Cn2nccc2NC(=O)c2cc(OC)c(Br)c(OC)c2)cc1. The predicted molar refractivity (Wildman–Crippen MR) is 112 cm³/mol. The zero-order chi connectivity index (χ0) is 20.1. The third-order valence-corrected chi connectivity index (χ3v) is 5.21. The highest BCUT2D eigenvalue weighted by molar-refractivity contribution is 9.10. The van der Waals surface area contributed by atoms with Crippen LogP contribution >= 0.6 is 15.9 Å². The van der Waals surface area contributed by atoms with Gasteiger partial charge in [0.25, 0.3) is 5.91 Å². The zero-order valence-corrected chi connectivity index (χ0v) is 17.6. The number of hydrogen-bond donors (Lipinski definition) is 1. The largest absolute Gasteiger partial charge is 0.495 e. The van der Waals surface area contributed by atoms with E-state index < -0.39 is 0 Å². The minimum atomic E-state index is -0.271. The summed E-state index contributed by atoms with van der Waals surface area (Å²) in [4.78, 5) is 12.8. The first kappa shape index (κ1) is 19.9. The van der Waals surface area contributed by atoms with Crippen LogP contribution in [0.5, 0.6) is 11.5 Å². The molecule has 0 unspecified atom stereocenters. The van der Waals surface area contributed by atoms with Crippen molar-refractivity contribution >= 4 is 27.7 Å². The Labute approximate surface area is 172 Å². The molecular formula is C21H22BrN3O3. The first-order chi connectivity index (χ1) is 13.5. The van der Waals surface area contributed by atoms with E-state index in [1.807, 2.05) is 0 Å². The number of methoxy groups -OCH3 is 2. The van der Waals surface area contributed by atoms with Crippen molar-refractivity contribution in [3.05, 3.63) is 69.8 Å². The van der Waals surface area contributed by atoms with Crippen LogP contribution in [-0.4, -0.2) is 29.9 Å². The van der Waals surface area contributed by atoms with Crippen molar-refractivity contribution in [2.75, 3.05) is 19.5 Å². The lowest BCUT2D eigenvalue weighted by Gasteiger charge is -2.13. The molecule has 0 aliphatic carbocycles. The van der Waals surface area contributed by atoms with Gasteiger partial charge in [-0.25, -0.2) is 4.68 Å². The number of nitrogens with one attached hydrogen (secondary N) is 1. The summed E-state index contributed by atoms with van der Waals surface area (Å²) in [7, 11) is 3.08. The minimum absolute atomic E-state index is 0.271. The number of aryl methyl sites for hydroxylation is 1. The first-order valence-corrected chi connectivity index (χ1v) is 9.67. The van der Waals surface area contributed by atoms with Crippen LogP contribution in [0.25, 0.3) is 0 Å². The van der Waals surface area contributed by atoms with Crippen molar-refractivity contribution < 1.29 is 14.3 Å². The maximum Gasteiger partial charge on any atom is 0.257 e. The van der Waals surface area contributed by atoms with Gasteiger partial charge in [-0.15, -0.1) is 0 Å². The number of benzene rings is 2. The Balaban J connectivity index is 1.79. The van der Waals surface area contributed by atoms with Gasteiger partial charge in [-0.2, -0.15) is 5.10 Å². The number of amides is 1. The predicted octanol–water partition coefficient (Wildman–Crippen LogP) is 4.53. The molecule has 3 rings (SSSR count). The van der Waals surface area contributed by atoms with Gasteiger partial charge in [-0.05, 0) is 45.6 Å². The number of rotatable bonds is 7. The van der Waals surface area contributed by atoms with Crippen molar-refractivity contribution in [1.82, 2.24) is 9.78 Å². The first-order valence-electron chi connectivity index (χ1n) is 8.88. The van der Waals surface area contributed by atoms with Gasteiger partial charge in [0, 0.05) is 11.6 Å². The smallest absolute Gasteiger partial charge is 0.257 e. The number of nitrogens with zero attached hydrogens (tertiary/aromatic N) is 2. The van der Waals surface area contributed by atoms with Crippen LogP contribution < -0.4 is 14.8 Å². The third-order valence-electron chi connectivity index (χ3n) is 4.43. The Hall–Kier alpha value is -2.80. The Morgan fingerprint density at radius 1 is 1.07 bits per heavy atom. The Kier molecular flexibility index (Phi) is 6.36. The molecule has 1 N–H and O–H groups in total. The average molecular weight is 444 g/mol. The van der Waals surface area contributed by atoms with Gasteiger partial charge in [-0.3, -0.25) is 4.79 Å². The molecule has 0 fully saturated rings. The van der Waals surface area contributed by atoms with Gasteiger partial charge in [0.05, 0.1) is 27.0 Å². The summed E-state index contributed by atoms with van der Waals surface area (Å²) in [5.41, 5.74) is 2.83. The second-order valence-electron chi connectivity index (χ2n) is 6.19. The Morgan fingerprint density at radius 2 is 1.68 bits per heavy atom. The van der Waals surface area contributed by atoms with E-state index >= 15 is 0 Å². The summed E-state index contributed by atoms with van der Waals surface area (Å²) in [6.45, 7) is 2.70. The summed E-state index contributed by atoms with van der Waals surface area (Å²) in [6, 6.07) is 13.5. The normalized spacial score (nSPS) is 10.6. The number of hydrogen-bond acceptors (Lipinski definition) is 4. The molecule has 6 nitrogen and oxygen atoms in total. The summed E-state index contributed by atoms with van der Waals surface area (Å²) in [5, 5.41) is 7.23. The number of halogens is 1. The van der Waals surface area contributed by atoms with Crippen molar-refractivity contribution in [3.8, 4) is 11.5 Å². The number of ether oxygens (including phenoxy) is 2. The van der Waals surface area contributed by atoms with Gasteiger partial charge in [0.2, 0.25) is 0 Å². The lowest BCUT2D eigenvalue weighted by Crippen LogP contribution is -2.16. The second-order valence-corrected chi connectivity index (χ2v) is 6.99. The number of carbonyl (C=O) groups excluding carboxylic acids is 1. The number of carbonyl (C=O) groups is 1. The monoisotopic (exact) mass is 443 g/mol. The summed E-state index contributed by atoms with van der Waals surface area (Å²) >= 11 is 3.41. The van der Waals surface area contributed by atoms with E-state index in [9.17, 15) is 4.79 Å². The molecule has 3 aromatic rings. The van der Waals surface area contributed by atoms with Gasteiger partial charge in [0.1, 0.15) is 21.8 Å². The van der Waals surface area contributed by atoms with Crippen LogP contribution in [0.1, 0.15) is 28.4 Å². The highest BCUT2D eigenvalue weighted by atomic mass is 79.9. The molecule has 1 aromatic heterocycles. The molecule has 7 heteroatoms. The lowest BCUT2D eigenvalue weighted by molar-refractivity contribution is 0.102. The van der Waals surface area contributed by atoms with E-state index in [0.717, 1.165) is 12.0 Å². The molecule has 0 aliphatic heterocycles. The second kappa shape index (κ2) is 8.93. The summed E-state index contributed by atoms with van der Waals surface area (Å²) in [6.07, 6.45) is 2.67. The average Bonchev–Trinajstić information content (AvgIpc) is 3.15. The molecule has 0 aliphatic rings. The van der Waals surface area contributed by atoms with E-state index in [1.54, 1.807) is 43.3 Å². The van der Waals surface area contributed by atoms with E-state index in [2.05, 4.69) is 57.5 Å². The van der Waals surface area contributed by atoms with E-state index in [0.29, 0.717) is 33.9 Å². The topological polar surface area (TPSA) is 65.4 Å². The molecule has 0 saturated heterocycles. The minimum Gasteiger partial charge on any atom is -0.495 e.